The number of rotatable bonds is 7. The molecule has 0 aliphatic carbocycles. The van der Waals surface area contributed by atoms with E-state index < -0.39 is 17.8 Å². The lowest BCUT2D eigenvalue weighted by molar-refractivity contribution is -0.139. The Labute approximate surface area is 178 Å². The predicted molar refractivity (Wildman–Crippen MR) is 111 cm³/mol. The highest BCUT2D eigenvalue weighted by atomic mass is 19.4. The number of hydrogen-bond donors (Lipinski definition) is 1. The van der Waals surface area contributed by atoms with Crippen LogP contribution in [0.5, 0.6) is 5.75 Å². The van der Waals surface area contributed by atoms with Gasteiger partial charge in [0.1, 0.15) is 12.4 Å². The van der Waals surface area contributed by atoms with E-state index in [2.05, 4.69) is 10.4 Å². The molecule has 1 atom stereocenters. The largest absolute Gasteiger partial charge is 0.491 e. The molecule has 164 valence electrons. The number of amides is 1. The molecule has 1 aromatic heterocycles. The smallest absolute Gasteiger partial charge is 0.419 e. The molecule has 0 fully saturated rings. The van der Waals surface area contributed by atoms with E-state index in [1.54, 1.807) is 25.1 Å². The first kappa shape index (κ1) is 22.4. The van der Waals surface area contributed by atoms with E-state index in [1.165, 1.54) is 18.2 Å². The summed E-state index contributed by atoms with van der Waals surface area (Å²) in [5.41, 5.74) is 2.48. The van der Waals surface area contributed by atoms with Gasteiger partial charge in [0.15, 0.2) is 0 Å². The van der Waals surface area contributed by atoms with E-state index in [4.69, 9.17) is 4.74 Å². The summed E-state index contributed by atoms with van der Waals surface area (Å²) in [7, 11) is 0. The highest BCUT2D eigenvalue weighted by Crippen LogP contribution is 2.35. The minimum Gasteiger partial charge on any atom is -0.491 e. The summed E-state index contributed by atoms with van der Waals surface area (Å²) in [5, 5.41) is 7.19. The number of carbonyl (C=O) groups excluding carboxylic acids is 1. The van der Waals surface area contributed by atoms with Gasteiger partial charge in [-0.25, -0.2) is 0 Å². The fourth-order valence-electron chi connectivity index (χ4n) is 3.21. The molecular weight excluding hydrogens is 407 g/mol. The summed E-state index contributed by atoms with van der Waals surface area (Å²) in [4.78, 5) is 12.6. The van der Waals surface area contributed by atoms with E-state index in [9.17, 15) is 18.0 Å². The lowest BCUT2D eigenvalue weighted by Crippen LogP contribution is -2.37. The first-order valence-corrected chi connectivity index (χ1v) is 9.83. The molecule has 2 aromatic carbocycles. The summed E-state index contributed by atoms with van der Waals surface area (Å²) in [6, 6.07) is 13.7. The molecule has 0 radical (unpaired) electrons. The Balaban J connectivity index is 1.61. The Hall–Kier alpha value is -3.29. The minimum absolute atomic E-state index is 0.0930. The minimum atomic E-state index is -4.50. The van der Waals surface area contributed by atoms with E-state index in [-0.39, 0.29) is 18.3 Å². The third kappa shape index (κ3) is 5.87. The SMILES string of the molecule is Cc1cc(C)n(Cc2cccc(C(=O)NC(C)COc3ccccc3C(F)(F)F)c2)n1. The molecule has 1 unspecified atom stereocenters. The molecule has 8 heteroatoms. The third-order valence-corrected chi connectivity index (χ3v) is 4.68. The average Bonchev–Trinajstić information content (AvgIpc) is 3.02. The molecule has 1 N–H and O–H groups in total. The van der Waals surface area contributed by atoms with Gasteiger partial charge < -0.3 is 10.1 Å². The summed E-state index contributed by atoms with van der Waals surface area (Å²) in [6.07, 6.45) is -4.50. The van der Waals surface area contributed by atoms with Crippen molar-refractivity contribution in [2.24, 2.45) is 0 Å². The van der Waals surface area contributed by atoms with Crippen LogP contribution in [-0.2, 0) is 12.7 Å². The van der Waals surface area contributed by atoms with E-state index in [1.807, 2.05) is 30.7 Å². The van der Waals surface area contributed by atoms with Crippen molar-refractivity contribution in [1.82, 2.24) is 15.1 Å². The summed E-state index contributed by atoms with van der Waals surface area (Å²) < 4.78 is 46.4. The normalized spacial score (nSPS) is 12.5. The van der Waals surface area contributed by atoms with Crippen molar-refractivity contribution in [1.29, 1.82) is 0 Å². The number of halogens is 3. The lowest BCUT2D eigenvalue weighted by Gasteiger charge is -2.18. The number of nitrogens with one attached hydrogen (secondary N) is 1. The van der Waals surface area contributed by atoms with Crippen LogP contribution < -0.4 is 10.1 Å². The quantitative estimate of drug-likeness (QED) is 0.587. The number of alkyl halides is 3. The molecule has 0 aliphatic heterocycles. The molecule has 0 saturated carbocycles. The van der Waals surface area contributed by atoms with Crippen molar-refractivity contribution >= 4 is 5.91 Å². The molecule has 1 heterocycles. The number of ether oxygens (including phenoxy) is 1. The van der Waals surface area contributed by atoms with Gasteiger partial charge in [-0.1, -0.05) is 24.3 Å². The monoisotopic (exact) mass is 431 g/mol. The molecule has 3 rings (SSSR count). The molecule has 0 spiro atoms. The van der Waals surface area contributed by atoms with Crippen LogP contribution in [-0.4, -0.2) is 28.3 Å². The number of carbonyl (C=O) groups is 1. The summed E-state index contributed by atoms with van der Waals surface area (Å²) >= 11 is 0. The molecule has 0 saturated heterocycles. The van der Waals surface area contributed by atoms with Crippen molar-refractivity contribution in [2.45, 2.75) is 39.5 Å². The van der Waals surface area contributed by atoms with Gasteiger partial charge in [0.25, 0.3) is 5.91 Å². The van der Waals surface area contributed by atoms with Gasteiger partial charge in [-0.05, 0) is 56.7 Å². The number of hydrogen-bond acceptors (Lipinski definition) is 3. The summed E-state index contributed by atoms with van der Waals surface area (Å²) in [6.45, 7) is 6.00. The van der Waals surface area contributed by atoms with Gasteiger partial charge >= 0.3 is 6.18 Å². The van der Waals surface area contributed by atoms with Gasteiger partial charge in [-0.15, -0.1) is 0 Å². The van der Waals surface area contributed by atoms with E-state index in [0.29, 0.717) is 12.1 Å². The Kier molecular flexibility index (Phi) is 6.68. The van der Waals surface area contributed by atoms with Crippen LogP contribution in [0.15, 0.2) is 54.6 Å². The lowest BCUT2D eigenvalue weighted by atomic mass is 10.1. The second kappa shape index (κ2) is 9.24. The molecular formula is C23H24F3N3O2. The highest BCUT2D eigenvalue weighted by molar-refractivity contribution is 5.94. The van der Waals surface area contributed by atoms with Crippen LogP contribution in [0, 0.1) is 13.8 Å². The zero-order chi connectivity index (χ0) is 22.6. The Morgan fingerprint density at radius 3 is 2.55 bits per heavy atom. The van der Waals surface area contributed by atoms with Crippen molar-refractivity contribution in [3.8, 4) is 5.75 Å². The number of para-hydroxylation sites is 1. The second-order valence-electron chi connectivity index (χ2n) is 7.46. The van der Waals surface area contributed by atoms with Crippen LogP contribution in [0.25, 0.3) is 0 Å². The molecule has 1 amide bonds. The van der Waals surface area contributed by atoms with Gasteiger partial charge in [0, 0.05) is 11.3 Å². The first-order chi connectivity index (χ1) is 14.6. The van der Waals surface area contributed by atoms with E-state index >= 15 is 0 Å². The van der Waals surface area contributed by atoms with Crippen LogP contribution in [0.2, 0.25) is 0 Å². The number of aryl methyl sites for hydroxylation is 2. The van der Waals surface area contributed by atoms with Gasteiger partial charge in [-0.3, -0.25) is 9.48 Å². The van der Waals surface area contributed by atoms with Crippen molar-refractivity contribution < 1.29 is 22.7 Å². The van der Waals surface area contributed by atoms with Crippen LogP contribution in [0.3, 0.4) is 0 Å². The van der Waals surface area contributed by atoms with Crippen molar-refractivity contribution in [3.05, 3.63) is 82.7 Å². The maximum atomic E-state index is 13.1. The van der Waals surface area contributed by atoms with Gasteiger partial charge in [0.05, 0.1) is 23.8 Å². The molecule has 0 aliphatic rings. The van der Waals surface area contributed by atoms with Crippen molar-refractivity contribution in [2.75, 3.05) is 6.61 Å². The van der Waals surface area contributed by atoms with E-state index in [0.717, 1.165) is 23.0 Å². The zero-order valence-corrected chi connectivity index (χ0v) is 17.5. The fraction of sp³-hybridized carbons (Fsp3) is 0.304. The molecule has 31 heavy (non-hydrogen) atoms. The second-order valence-corrected chi connectivity index (χ2v) is 7.46. The molecule has 3 aromatic rings. The van der Waals surface area contributed by atoms with Crippen LogP contribution >= 0.6 is 0 Å². The average molecular weight is 431 g/mol. The standard InChI is InChI=1S/C23H24F3N3O2/c1-15-11-17(3)29(28-15)13-18-7-6-8-19(12-18)22(30)27-16(2)14-31-21-10-5-4-9-20(21)23(24,25)26/h4-12,16H,13-14H2,1-3H3,(H,27,30). The summed E-state index contributed by atoms with van der Waals surface area (Å²) in [5.74, 6) is -0.585. The molecule has 0 bridgehead atoms. The van der Waals surface area contributed by atoms with Gasteiger partial charge in [-0.2, -0.15) is 18.3 Å². The third-order valence-electron chi connectivity index (χ3n) is 4.68. The maximum Gasteiger partial charge on any atom is 0.419 e. The number of nitrogens with zero attached hydrogens (tertiary/aromatic N) is 2. The zero-order valence-electron chi connectivity index (χ0n) is 17.5. The van der Waals surface area contributed by atoms with Crippen molar-refractivity contribution in [3.63, 3.8) is 0 Å². The Morgan fingerprint density at radius 2 is 1.87 bits per heavy atom. The van der Waals surface area contributed by atoms with Gasteiger partial charge in [0.2, 0.25) is 0 Å². The van der Waals surface area contributed by atoms with Crippen LogP contribution in [0.1, 0.15) is 39.8 Å². The number of aromatic nitrogens is 2. The fourth-order valence-corrected chi connectivity index (χ4v) is 3.21. The Morgan fingerprint density at radius 1 is 1.13 bits per heavy atom. The maximum absolute atomic E-state index is 13.1. The highest BCUT2D eigenvalue weighted by Gasteiger charge is 2.34. The topological polar surface area (TPSA) is 56.2 Å². The molecule has 5 nitrogen and oxygen atoms in total. The number of benzene rings is 2. The first-order valence-electron chi connectivity index (χ1n) is 9.83. The van der Waals surface area contributed by atoms with Crippen LogP contribution in [0.4, 0.5) is 13.2 Å². The Bertz CT molecular complexity index is 1060. The predicted octanol–water partition coefficient (Wildman–Crippen LogP) is 4.76.